The molecule has 1 saturated heterocycles. The maximum Gasteiger partial charge on any atom is 0.320 e. The van der Waals surface area contributed by atoms with Gasteiger partial charge in [0.2, 0.25) is 0 Å². The number of aliphatic carboxylic acids is 1. The zero-order chi connectivity index (χ0) is 13.1. The predicted octanol–water partition coefficient (Wildman–Crippen LogP) is 2.10. The highest BCUT2D eigenvalue weighted by Crippen LogP contribution is 2.18. The highest BCUT2D eigenvalue weighted by molar-refractivity contribution is 5.73. The number of hydrogen-bond acceptors (Lipinski definition) is 2. The summed E-state index contributed by atoms with van der Waals surface area (Å²) in [4.78, 5) is 10.9. The van der Waals surface area contributed by atoms with Crippen molar-refractivity contribution in [2.45, 2.75) is 37.8 Å². The largest absolute Gasteiger partial charge is 0.480 e. The molecule has 1 fully saturated rings. The summed E-state index contributed by atoms with van der Waals surface area (Å²) >= 11 is 0. The van der Waals surface area contributed by atoms with Gasteiger partial charge in [-0.2, -0.15) is 0 Å². The number of piperidine rings is 1. The Balaban J connectivity index is 2.02. The maximum absolute atomic E-state index is 13.5. The molecule has 0 radical (unpaired) electrons. The third kappa shape index (κ3) is 3.04. The fourth-order valence-corrected chi connectivity index (χ4v) is 2.33. The first-order valence-corrected chi connectivity index (χ1v) is 5.99. The first-order chi connectivity index (χ1) is 8.56. The molecule has 0 aromatic heterocycles. The van der Waals surface area contributed by atoms with Crippen molar-refractivity contribution in [1.29, 1.82) is 0 Å². The van der Waals surface area contributed by atoms with Crippen LogP contribution in [0.4, 0.5) is 8.78 Å². The van der Waals surface area contributed by atoms with Crippen molar-refractivity contribution >= 4 is 5.97 Å². The monoisotopic (exact) mass is 255 g/mol. The van der Waals surface area contributed by atoms with Crippen molar-refractivity contribution in [2.24, 2.45) is 0 Å². The van der Waals surface area contributed by atoms with Crippen LogP contribution in [0.1, 0.15) is 24.8 Å². The molecule has 0 bridgehead atoms. The second-order valence-corrected chi connectivity index (χ2v) is 4.63. The molecule has 0 saturated carbocycles. The van der Waals surface area contributed by atoms with E-state index in [9.17, 15) is 13.6 Å². The molecule has 1 heterocycles. The van der Waals surface area contributed by atoms with E-state index in [0.29, 0.717) is 18.4 Å². The van der Waals surface area contributed by atoms with Crippen molar-refractivity contribution in [3.05, 3.63) is 35.4 Å². The molecular formula is C13H15F2NO2. The number of halogens is 2. The van der Waals surface area contributed by atoms with Gasteiger partial charge in [0.25, 0.3) is 0 Å². The van der Waals surface area contributed by atoms with Crippen molar-refractivity contribution < 1.29 is 18.7 Å². The van der Waals surface area contributed by atoms with Gasteiger partial charge in [-0.1, -0.05) is 6.07 Å². The minimum absolute atomic E-state index is 0.0696. The third-order valence-corrected chi connectivity index (χ3v) is 3.26. The van der Waals surface area contributed by atoms with E-state index in [2.05, 4.69) is 5.32 Å². The van der Waals surface area contributed by atoms with Crippen LogP contribution in [0.3, 0.4) is 0 Å². The summed E-state index contributed by atoms with van der Waals surface area (Å²) in [5, 5.41) is 11.9. The molecule has 18 heavy (non-hydrogen) atoms. The van der Waals surface area contributed by atoms with E-state index in [4.69, 9.17) is 5.11 Å². The van der Waals surface area contributed by atoms with Gasteiger partial charge in [-0.25, -0.2) is 8.78 Å². The first kappa shape index (κ1) is 13.0. The van der Waals surface area contributed by atoms with Crippen LogP contribution in [-0.2, 0) is 11.2 Å². The zero-order valence-corrected chi connectivity index (χ0v) is 9.83. The second kappa shape index (κ2) is 5.44. The lowest BCUT2D eigenvalue weighted by molar-refractivity contribution is -0.140. The van der Waals surface area contributed by atoms with Gasteiger partial charge in [0.15, 0.2) is 0 Å². The summed E-state index contributed by atoms with van der Waals surface area (Å²) in [5.74, 6) is -2.05. The van der Waals surface area contributed by atoms with Crippen LogP contribution >= 0.6 is 0 Å². The number of benzene rings is 1. The number of rotatable bonds is 3. The Labute approximate surface area is 104 Å². The van der Waals surface area contributed by atoms with E-state index in [1.165, 1.54) is 12.1 Å². The molecule has 0 amide bonds. The Bertz CT molecular complexity index is 451. The molecule has 2 unspecified atom stereocenters. The van der Waals surface area contributed by atoms with E-state index >= 15 is 0 Å². The lowest BCUT2D eigenvalue weighted by Crippen LogP contribution is -2.47. The van der Waals surface area contributed by atoms with Gasteiger partial charge < -0.3 is 10.4 Å². The fourth-order valence-electron chi connectivity index (χ4n) is 2.33. The van der Waals surface area contributed by atoms with Gasteiger partial charge in [-0.3, -0.25) is 4.79 Å². The minimum Gasteiger partial charge on any atom is -0.480 e. The fraction of sp³-hybridized carbons (Fsp3) is 0.462. The SMILES string of the molecule is O=C(O)C1CCCC(Cc2ccc(F)cc2F)N1. The lowest BCUT2D eigenvalue weighted by Gasteiger charge is -2.28. The smallest absolute Gasteiger partial charge is 0.320 e. The molecule has 2 atom stereocenters. The Morgan fingerprint density at radius 2 is 2.17 bits per heavy atom. The van der Waals surface area contributed by atoms with Crippen molar-refractivity contribution in [2.75, 3.05) is 0 Å². The van der Waals surface area contributed by atoms with Gasteiger partial charge in [0.05, 0.1) is 0 Å². The summed E-state index contributed by atoms with van der Waals surface area (Å²) in [7, 11) is 0. The van der Waals surface area contributed by atoms with Crippen LogP contribution in [0.25, 0.3) is 0 Å². The Morgan fingerprint density at radius 1 is 1.39 bits per heavy atom. The lowest BCUT2D eigenvalue weighted by atomic mass is 9.93. The van der Waals surface area contributed by atoms with E-state index in [0.717, 1.165) is 18.9 Å². The molecule has 2 rings (SSSR count). The van der Waals surface area contributed by atoms with Crippen LogP contribution in [0.15, 0.2) is 18.2 Å². The zero-order valence-electron chi connectivity index (χ0n) is 9.83. The molecule has 5 heteroatoms. The maximum atomic E-state index is 13.5. The third-order valence-electron chi connectivity index (χ3n) is 3.26. The van der Waals surface area contributed by atoms with E-state index in [1.54, 1.807) is 0 Å². The quantitative estimate of drug-likeness (QED) is 0.869. The molecule has 1 aromatic carbocycles. The molecule has 1 aliphatic rings. The first-order valence-electron chi connectivity index (χ1n) is 5.99. The summed E-state index contributed by atoms with van der Waals surface area (Å²) in [5.41, 5.74) is 0.417. The van der Waals surface area contributed by atoms with Gasteiger partial charge in [-0.05, 0) is 37.3 Å². The molecular weight excluding hydrogens is 240 g/mol. The van der Waals surface area contributed by atoms with Gasteiger partial charge >= 0.3 is 5.97 Å². The molecule has 0 aliphatic carbocycles. The Kier molecular flexibility index (Phi) is 3.91. The van der Waals surface area contributed by atoms with E-state index in [1.807, 2.05) is 0 Å². The predicted molar refractivity (Wildman–Crippen MR) is 62.3 cm³/mol. The van der Waals surface area contributed by atoms with Crippen molar-refractivity contribution in [3.63, 3.8) is 0 Å². The van der Waals surface area contributed by atoms with Crippen LogP contribution in [0, 0.1) is 11.6 Å². The number of nitrogens with one attached hydrogen (secondary N) is 1. The van der Waals surface area contributed by atoms with Crippen LogP contribution < -0.4 is 5.32 Å². The molecule has 1 aromatic rings. The van der Waals surface area contributed by atoms with Crippen LogP contribution in [0.2, 0.25) is 0 Å². The highest BCUT2D eigenvalue weighted by Gasteiger charge is 2.26. The summed E-state index contributed by atoms with van der Waals surface area (Å²) in [6.45, 7) is 0. The second-order valence-electron chi connectivity index (χ2n) is 4.63. The molecule has 3 nitrogen and oxygen atoms in total. The highest BCUT2D eigenvalue weighted by atomic mass is 19.1. The van der Waals surface area contributed by atoms with Crippen molar-refractivity contribution in [1.82, 2.24) is 5.32 Å². The van der Waals surface area contributed by atoms with Gasteiger partial charge in [0.1, 0.15) is 17.7 Å². The molecule has 2 N–H and O–H groups in total. The van der Waals surface area contributed by atoms with E-state index < -0.39 is 23.6 Å². The minimum atomic E-state index is -0.876. The number of carboxylic acids is 1. The van der Waals surface area contributed by atoms with Crippen LogP contribution in [0.5, 0.6) is 0 Å². The molecule has 98 valence electrons. The standard InChI is InChI=1S/C13H15F2NO2/c14-9-5-4-8(11(15)7-9)6-10-2-1-3-12(16-10)13(17)18/h4-5,7,10,12,16H,1-3,6H2,(H,17,18). The van der Waals surface area contributed by atoms with E-state index in [-0.39, 0.29) is 6.04 Å². The Morgan fingerprint density at radius 3 is 2.83 bits per heavy atom. The van der Waals surface area contributed by atoms with Gasteiger partial charge in [-0.15, -0.1) is 0 Å². The summed E-state index contributed by atoms with van der Waals surface area (Å²) in [6, 6.07) is 2.85. The molecule has 1 aliphatic heterocycles. The topological polar surface area (TPSA) is 49.3 Å². The Hall–Kier alpha value is -1.49. The average molecular weight is 255 g/mol. The number of carboxylic acid groups (broad SMARTS) is 1. The van der Waals surface area contributed by atoms with Gasteiger partial charge in [0, 0.05) is 12.1 Å². The molecule has 0 spiro atoms. The average Bonchev–Trinajstić information content (AvgIpc) is 2.33. The number of hydrogen-bond donors (Lipinski definition) is 2. The van der Waals surface area contributed by atoms with Crippen LogP contribution in [-0.4, -0.2) is 23.2 Å². The number of carbonyl (C=O) groups is 1. The normalized spacial score (nSPS) is 23.9. The van der Waals surface area contributed by atoms with Crippen molar-refractivity contribution in [3.8, 4) is 0 Å². The summed E-state index contributed by atoms with van der Waals surface area (Å²) < 4.78 is 26.2. The summed E-state index contributed by atoms with van der Waals surface area (Å²) in [6.07, 6.45) is 2.59.